The Morgan fingerprint density at radius 2 is 1.94 bits per heavy atom. The highest BCUT2D eigenvalue weighted by Gasteiger charge is 2.19. The molecule has 2 atom stereocenters. The van der Waals surface area contributed by atoms with Crippen molar-refractivity contribution in [1.29, 1.82) is 0 Å². The molecule has 0 radical (unpaired) electrons. The molecule has 1 aromatic carbocycles. The van der Waals surface area contributed by atoms with E-state index in [1.165, 1.54) is 11.8 Å². The standard InChI is InChI=1S/C22H31N5O7S/c23-10-14-8-13-9-15(3-4-17(13)27-14)34-20(30)5-7-35-12-18(21(31)26-11-19(28)29)25-6-1-2-16(24)22(32)33/h3-4,8-9,16,18,25,27H,1-2,5-7,10-12,23-24H2,(H,26,31)(H,28,29)(H,32,33). The lowest BCUT2D eigenvalue weighted by atomic mass is 10.1. The van der Waals surface area contributed by atoms with Gasteiger partial charge in [0.05, 0.1) is 12.5 Å². The van der Waals surface area contributed by atoms with Gasteiger partial charge in [-0.05, 0) is 43.7 Å². The molecular weight excluding hydrogens is 478 g/mol. The van der Waals surface area contributed by atoms with E-state index in [1.807, 2.05) is 6.07 Å². The van der Waals surface area contributed by atoms with Gasteiger partial charge in [-0.3, -0.25) is 19.2 Å². The molecule has 1 aromatic heterocycles. The second kappa shape index (κ2) is 14.3. The zero-order valence-electron chi connectivity index (χ0n) is 19.1. The minimum absolute atomic E-state index is 0.112. The molecule has 0 aliphatic carbocycles. The molecule has 13 heteroatoms. The molecule has 0 aliphatic rings. The third-order valence-corrected chi connectivity index (χ3v) is 6.03. The number of hydrogen-bond donors (Lipinski definition) is 7. The predicted molar refractivity (Wildman–Crippen MR) is 131 cm³/mol. The van der Waals surface area contributed by atoms with Crippen molar-refractivity contribution < 1.29 is 34.1 Å². The Morgan fingerprint density at radius 1 is 1.17 bits per heavy atom. The van der Waals surface area contributed by atoms with Crippen LogP contribution in [0.1, 0.15) is 25.0 Å². The summed E-state index contributed by atoms with van der Waals surface area (Å²) in [7, 11) is 0. The molecule has 9 N–H and O–H groups in total. The van der Waals surface area contributed by atoms with Crippen LogP contribution >= 0.6 is 11.8 Å². The first kappa shape index (κ1) is 28.1. The first-order chi connectivity index (χ1) is 16.7. The van der Waals surface area contributed by atoms with E-state index < -0.39 is 42.4 Å². The lowest BCUT2D eigenvalue weighted by Gasteiger charge is -2.18. The summed E-state index contributed by atoms with van der Waals surface area (Å²) in [6.07, 6.45) is 0.763. The van der Waals surface area contributed by atoms with Crippen LogP contribution in [0.15, 0.2) is 24.3 Å². The monoisotopic (exact) mass is 509 g/mol. The Morgan fingerprint density at radius 3 is 2.63 bits per heavy atom. The Bertz CT molecular complexity index is 1030. The van der Waals surface area contributed by atoms with Crippen LogP contribution in [0.4, 0.5) is 0 Å². The number of nitrogens with one attached hydrogen (secondary N) is 3. The summed E-state index contributed by atoms with van der Waals surface area (Å²) in [6.45, 7) is 0.180. The number of carboxylic acids is 2. The number of rotatable bonds is 16. The van der Waals surface area contributed by atoms with Crippen molar-refractivity contribution in [3.8, 4) is 5.75 Å². The largest absolute Gasteiger partial charge is 0.480 e. The number of benzene rings is 1. The molecule has 35 heavy (non-hydrogen) atoms. The number of esters is 1. The highest BCUT2D eigenvalue weighted by molar-refractivity contribution is 7.99. The maximum Gasteiger partial charge on any atom is 0.322 e. The number of hydrogen-bond acceptors (Lipinski definition) is 9. The van der Waals surface area contributed by atoms with Crippen molar-refractivity contribution >= 4 is 46.5 Å². The molecule has 1 heterocycles. The van der Waals surface area contributed by atoms with Crippen LogP contribution < -0.4 is 26.8 Å². The van der Waals surface area contributed by atoms with Crippen LogP contribution in [0, 0.1) is 0 Å². The number of thioether (sulfide) groups is 1. The second-order valence-electron chi connectivity index (χ2n) is 7.75. The lowest BCUT2D eigenvalue weighted by Crippen LogP contribution is -2.47. The Labute approximate surface area is 206 Å². The molecule has 0 saturated heterocycles. The first-order valence-corrected chi connectivity index (χ1v) is 12.2. The van der Waals surface area contributed by atoms with E-state index in [1.54, 1.807) is 18.2 Å². The topological polar surface area (TPSA) is 210 Å². The van der Waals surface area contributed by atoms with Gasteiger partial charge in [0.15, 0.2) is 0 Å². The van der Waals surface area contributed by atoms with Gasteiger partial charge < -0.3 is 42.0 Å². The normalized spacial score (nSPS) is 12.7. The molecule has 0 bridgehead atoms. The molecule has 12 nitrogen and oxygen atoms in total. The molecule has 0 aliphatic heterocycles. The van der Waals surface area contributed by atoms with Crippen LogP contribution in [0.2, 0.25) is 0 Å². The van der Waals surface area contributed by atoms with E-state index in [4.69, 9.17) is 26.4 Å². The Kier molecular flexibility index (Phi) is 11.5. The number of aromatic nitrogens is 1. The van der Waals surface area contributed by atoms with Gasteiger partial charge in [0.2, 0.25) is 5.91 Å². The number of nitrogens with two attached hydrogens (primary N) is 2. The molecule has 192 valence electrons. The first-order valence-electron chi connectivity index (χ1n) is 11.0. The van der Waals surface area contributed by atoms with Gasteiger partial charge in [-0.15, -0.1) is 0 Å². The van der Waals surface area contributed by atoms with Crippen molar-refractivity contribution in [3.05, 3.63) is 30.0 Å². The zero-order chi connectivity index (χ0) is 25.8. The fourth-order valence-electron chi connectivity index (χ4n) is 3.12. The minimum Gasteiger partial charge on any atom is -0.480 e. The van der Waals surface area contributed by atoms with Crippen LogP contribution in [0.25, 0.3) is 10.9 Å². The summed E-state index contributed by atoms with van der Waals surface area (Å²) >= 11 is 1.33. The third-order valence-electron chi connectivity index (χ3n) is 4.96. The van der Waals surface area contributed by atoms with Crippen molar-refractivity contribution in [2.75, 3.05) is 24.6 Å². The van der Waals surface area contributed by atoms with Gasteiger partial charge in [0, 0.05) is 34.6 Å². The van der Waals surface area contributed by atoms with Crippen LogP contribution in [-0.4, -0.2) is 75.7 Å². The van der Waals surface area contributed by atoms with Gasteiger partial charge >= 0.3 is 17.9 Å². The Balaban J connectivity index is 1.78. The number of carbonyl (C=O) groups is 4. The lowest BCUT2D eigenvalue weighted by molar-refractivity contribution is -0.139. The van der Waals surface area contributed by atoms with Crippen LogP contribution in [-0.2, 0) is 25.7 Å². The summed E-state index contributed by atoms with van der Waals surface area (Å²) in [5, 5.41) is 23.8. The highest BCUT2D eigenvalue weighted by Crippen LogP contribution is 2.22. The van der Waals surface area contributed by atoms with E-state index in [0.717, 1.165) is 16.6 Å². The number of amides is 1. The van der Waals surface area contributed by atoms with E-state index in [-0.39, 0.29) is 18.6 Å². The number of carbonyl (C=O) groups excluding carboxylic acids is 2. The van der Waals surface area contributed by atoms with Gasteiger partial charge in [-0.1, -0.05) is 0 Å². The maximum absolute atomic E-state index is 12.3. The highest BCUT2D eigenvalue weighted by atomic mass is 32.2. The third kappa shape index (κ3) is 9.94. The minimum atomic E-state index is -1.17. The Hall–Kier alpha value is -3.13. The molecule has 2 unspecified atom stereocenters. The second-order valence-corrected chi connectivity index (χ2v) is 8.90. The number of fused-ring (bicyclic) bond motifs is 1. The summed E-state index contributed by atoms with van der Waals surface area (Å²) < 4.78 is 5.39. The van der Waals surface area contributed by atoms with Crippen molar-refractivity contribution in [2.45, 2.75) is 37.9 Å². The number of ether oxygens (including phenoxy) is 1. The molecule has 0 spiro atoms. The van der Waals surface area contributed by atoms with Gasteiger partial charge in [0.25, 0.3) is 0 Å². The van der Waals surface area contributed by atoms with Gasteiger partial charge in [0.1, 0.15) is 18.3 Å². The van der Waals surface area contributed by atoms with E-state index >= 15 is 0 Å². The van der Waals surface area contributed by atoms with Crippen molar-refractivity contribution in [2.24, 2.45) is 11.5 Å². The van der Waals surface area contributed by atoms with Crippen LogP contribution in [0.3, 0.4) is 0 Å². The molecule has 1 amide bonds. The number of aliphatic carboxylic acids is 2. The molecule has 0 saturated carbocycles. The number of carboxylic acid groups (broad SMARTS) is 2. The molecule has 2 rings (SSSR count). The molecule has 2 aromatic rings. The van der Waals surface area contributed by atoms with Crippen molar-refractivity contribution in [1.82, 2.24) is 15.6 Å². The summed E-state index contributed by atoms with van der Waals surface area (Å²) in [6, 6.07) is 5.43. The predicted octanol–water partition coefficient (Wildman–Crippen LogP) is 0.00640. The smallest absolute Gasteiger partial charge is 0.322 e. The molecule has 0 fully saturated rings. The SMILES string of the molecule is NCc1cc2cc(OC(=O)CCSCC(NCCCC(N)C(=O)O)C(=O)NCC(=O)O)ccc2[nH]1. The summed E-state index contributed by atoms with van der Waals surface area (Å²) in [5.74, 6) is -2.11. The maximum atomic E-state index is 12.3. The quantitative estimate of drug-likeness (QED) is 0.0909. The van der Waals surface area contributed by atoms with E-state index in [2.05, 4.69) is 15.6 Å². The number of H-pyrrole nitrogens is 1. The average molecular weight is 510 g/mol. The summed E-state index contributed by atoms with van der Waals surface area (Å²) in [4.78, 5) is 49.2. The average Bonchev–Trinajstić information content (AvgIpc) is 3.23. The van der Waals surface area contributed by atoms with Crippen molar-refractivity contribution in [3.63, 3.8) is 0 Å². The van der Waals surface area contributed by atoms with E-state index in [0.29, 0.717) is 31.0 Å². The van der Waals surface area contributed by atoms with Gasteiger partial charge in [-0.25, -0.2) is 0 Å². The number of aromatic amines is 1. The molecular formula is C22H31N5O7S. The van der Waals surface area contributed by atoms with Crippen LogP contribution in [0.5, 0.6) is 5.75 Å². The van der Waals surface area contributed by atoms with Gasteiger partial charge in [-0.2, -0.15) is 11.8 Å². The van der Waals surface area contributed by atoms with E-state index in [9.17, 15) is 19.2 Å². The zero-order valence-corrected chi connectivity index (χ0v) is 19.9. The summed E-state index contributed by atoms with van der Waals surface area (Å²) in [5.41, 5.74) is 12.9. The fourth-order valence-corrected chi connectivity index (χ4v) is 4.10. The fraction of sp³-hybridized carbons (Fsp3) is 0.455.